The fraction of sp³-hybridized carbons (Fsp3) is 0.868. The molecule has 1 atom stereocenters. The lowest BCUT2D eigenvalue weighted by molar-refractivity contribution is -0.167. The average Bonchev–Trinajstić information content (AvgIpc) is 3.40. The molecule has 0 aliphatic heterocycles. The lowest BCUT2D eigenvalue weighted by Gasteiger charge is -2.18. The van der Waals surface area contributed by atoms with Crippen LogP contribution in [0.2, 0.25) is 0 Å². The van der Waals surface area contributed by atoms with Gasteiger partial charge in [0.2, 0.25) is 0 Å². The molecule has 0 N–H and O–H groups in total. The molecular weight excluding hydrogens is 913 g/mol. The van der Waals surface area contributed by atoms with E-state index < -0.39 is 6.10 Å². The molecule has 0 amide bonds. The van der Waals surface area contributed by atoms with E-state index in [2.05, 4.69) is 57.2 Å². The highest BCUT2D eigenvalue weighted by Gasteiger charge is 2.19. The summed E-state index contributed by atoms with van der Waals surface area (Å²) in [6, 6.07) is 0. The molecule has 0 radical (unpaired) electrons. The highest BCUT2D eigenvalue weighted by atomic mass is 16.6. The molecule has 0 aromatic rings. The molecule has 1 unspecified atom stereocenters. The number of carbonyl (C=O) groups is 3. The molecule has 0 fully saturated rings. The zero-order valence-electron chi connectivity index (χ0n) is 49.9. The van der Waals surface area contributed by atoms with Crippen molar-refractivity contribution in [1.82, 2.24) is 0 Å². The van der Waals surface area contributed by atoms with Crippen molar-refractivity contribution < 1.29 is 28.6 Å². The molecule has 0 aromatic carbocycles. The van der Waals surface area contributed by atoms with E-state index in [-0.39, 0.29) is 31.1 Å². The molecule has 6 heteroatoms. The number of allylic oxidation sites excluding steroid dienone is 6. The van der Waals surface area contributed by atoms with Crippen LogP contribution in [0, 0.1) is 0 Å². The Bertz CT molecular complexity index is 1240. The Morgan fingerprint density at radius 1 is 0.270 bits per heavy atom. The largest absolute Gasteiger partial charge is 0.462 e. The van der Waals surface area contributed by atoms with E-state index in [4.69, 9.17) is 14.2 Å². The number of hydrogen-bond donors (Lipinski definition) is 0. The molecule has 0 saturated carbocycles. The van der Waals surface area contributed by atoms with E-state index in [0.717, 1.165) is 70.6 Å². The molecule has 0 aliphatic carbocycles. The molecule has 0 aromatic heterocycles. The quantitative estimate of drug-likeness (QED) is 0.0261. The zero-order chi connectivity index (χ0) is 53.6. The summed E-state index contributed by atoms with van der Waals surface area (Å²) in [7, 11) is 0. The Morgan fingerprint density at radius 3 is 0.770 bits per heavy atom. The van der Waals surface area contributed by atoms with E-state index in [9.17, 15) is 14.4 Å². The molecule has 0 aliphatic rings. The summed E-state index contributed by atoms with van der Waals surface area (Å²) >= 11 is 0. The Labute approximate surface area is 461 Å². The highest BCUT2D eigenvalue weighted by Crippen LogP contribution is 2.18. The second kappa shape index (κ2) is 63.2. The second-order valence-corrected chi connectivity index (χ2v) is 22.4. The van der Waals surface area contributed by atoms with Crippen molar-refractivity contribution in [2.75, 3.05) is 13.2 Å². The van der Waals surface area contributed by atoms with Crippen molar-refractivity contribution >= 4 is 17.9 Å². The second-order valence-electron chi connectivity index (χ2n) is 22.4. The van der Waals surface area contributed by atoms with Gasteiger partial charge >= 0.3 is 17.9 Å². The van der Waals surface area contributed by atoms with Gasteiger partial charge in [0.1, 0.15) is 13.2 Å². The van der Waals surface area contributed by atoms with E-state index in [0.29, 0.717) is 19.3 Å². The smallest absolute Gasteiger partial charge is 0.306 e. The lowest BCUT2D eigenvalue weighted by Crippen LogP contribution is -2.30. The maximum atomic E-state index is 12.9. The summed E-state index contributed by atoms with van der Waals surface area (Å²) in [6.07, 6.45) is 77.2. The summed E-state index contributed by atoms with van der Waals surface area (Å²) < 4.78 is 17.0. The van der Waals surface area contributed by atoms with Gasteiger partial charge in [-0.2, -0.15) is 0 Å². The third kappa shape index (κ3) is 60.5. The van der Waals surface area contributed by atoms with Gasteiger partial charge in [-0.05, 0) is 77.0 Å². The third-order valence-corrected chi connectivity index (χ3v) is 14.9. The molecule has 0 heterocycles. The first kappa shape index (κ1) is 71.6. The van der Waals surface area contributed by atoms with Gasteiger partial charge in [-0.3, -0.25) is 14.4 Å². The number of ether oxygens (including phenoxy) is 3. The van der Waals surface area contributed by atoms with Gasteiger partial charge < -0.3 is 14.2 Å². The van der Waals surface area contributed by atoms with Crippen molar-refractivity contribution in [1.29, 1.82) is 0 Å². The SMILES string of the molecule is CCCCCC/C=C\C/C=C\CCCCCCCCCC(=O)OC(COC(=O)CCCCCCCCC/C=C\CCCCCCCC)COC(=O)CCCCCCCCCCCCCCCCCCCCCCC. The molecule has 0 spiro atoms. The molecule has 6 nitrogen and oxygen atoms in total. The minimum Gasteiger partial charge on any atom is -0.462 e. The van der Waals surface area contributed by atoms with Crippen molar-refractivity contribution in [3.8, 4) is 0 Å². The normalized spacial score (nSPS) is 12.2. The van der Waals surface area contributed by atoms with E-state index in [1.807, 2.05) is 0 Å². The Hall–Kier alpha value is -2.37. The third-order valence-electron chi connectivity index (χ3n) is 14.9. The maximum Gasteiger partial charge on any atom is 0.306 e. The van der Waals surface area contributed by atoms with E-state index in [1.54, 1.807) is 0 Å². The Balaban J connectivity index is 4.33. The Kier molecular flexibility index (Phi) is 61.1. The average molecular weight is 1040 g/mol. The van der Waals surface area contributed by atoms with Gasteiger partial charge in [-0.1, -0.05) is 301 Å². The predicted octanol–water partition coefficient (Wildman–Crippen LogP) is 22.4. The minimum atomic E-state index is -0.777. The number of esters is 3. The summed E-state index contributed by atoms with van der Waals surface area (Å²) in [5.41, 5.74) is 0. The standard InChI is InChI=1S/C68H126O6/c1-4-7-10-13-16-19-22-25-28-31-33-34-35-38-40-43-46-49-52-55-58-61-67(70)73-64-65(63-72-66(69)60-57-54-51-48-45-42-39-36-30-27-24-21-18-15-12-9-6-3)74-68(71)62-59-56-53-50-47-44-41-37-32-29-26-23-20-17-14-11-8-5-2/h20,23,27,29-30,32,65H,4-19,21-22,24-26,28,31,33-64H2,1-3H3/b23-20-,30-27-,32-29-. The first-order chi connectivity index (χ1) is 36.5. The number of rotatable bonds is 61. The fourth-order valence-electron chi connectivity index (χ4n) is 9.88. The van der Waals surface area contributed by atoms with Crippen molar-refractivity contribution in [3.63, 3.8) is 0 Å². The number of hydrogen-bond acceptors (Lipinski definition) is 6. The lowest BCUT2D eigenvalue weighted by atomic mass is 10.0. The Morgan fingerprint density at radius 2 is 0.486 bits per heavy atom. The maximum absolute atomic E-state index is 12.9. The molecule has 0 rings (SSSR count). The van der Waals surface area contributed by atoms with Gasteiger partial charge in [0.15, 0.2) is 6.10 Å². The zero-order valence-corrected chi connectivity index (χ0v) is 49.9. The van der Waals surface area contributed by atoms with Crippen LogP contribution in [0.15, 0.2) is 36.5 Å². The van der Waals surface area contributed by atoms with Gasteiger partial charge in [-0.15, -0.1) is 0 Å². The molecular formula is C68H126O6. The van der Waals surface area contributed by atoms with Gasteiger partial charge in [0.25, 0.3) is 0 Å². The van der Waals surface area contributed by atoms with Crippen molar-refractivity contribution in [2.24, 2.45) is 0 Å². The molecule has 74 heavy (non-hydrogen) atoms. The van der Waals surface area contributed by atoms with Gasteiger partial charge in [0.05, 0.1) is 0 Å². The van der Waals surface area contributed by atoms with Crippen LogP contribution in [0.4, 0.5) is 0 Å². The van der Waals surface area contributed by atoms with Crippen LogP contribution < -0.4 is 0 Å². The highest BCUT2D eigenvalue weighted by molar-refractivity contribution is 5.71. The van der Waals surface area contributed by atoms with Crippen molar-refractivity contribution in [2.45, 2.75) is 367 Å². The monoisotopic (exact) mass is 1040 g/mol. The molecule has 0 saturated heterocycles. The van der Waals surface area contributed by atoms with Crippen LogP contribution in [-0.4, -0.2) is 37.2 Å². The summed E-state index contributed by atoms with van der Waals surface area (Å²) in [6.45, 7) is 6.68. The van der Waals surface area contributed by atoms with E-state index >= 15 is 0 Å². The van der Waals surface area contributed by atoms with E-state index in [1.165, 1.54) is 250 Å². The topological polar surface area (TPSA) is 78.9 Å². The van der Waals surface area contributed by atoms with Crippen molar-refractivity contribution in [3.05, 3.63) is 36.5 Å². The van der Waals surface area contributed by atoms with Crippen LogP contribution >= 0.6 is 0 Å². The van der Waals surface area contributed by atoms with Crippen LogP contribution in [0.5, 0.6) is 0 Å². The molecule has 434 valence electrons. The van der Waals surface area contributed by atoms with Crippen LogP contribution in [0.3, 0.4) is 0 Å². The summed E-state index contributed by atoms with van der Waals surface area (Å²) in [4.78, 5) is 38.4. The van der Waals surface area contributed by atoms with Gasteiger partial charge in [0, 0.05) is 19.3 Å². The van der Waals surface area contributed by atoms with Crippen LogP contribution in [0.25, 0.3) is 0 Å². The predicted molar refractivity (Wildman–Crippen MR) is 321 cm³/mol. The molecule has 0 bridgehead atoms. The van der Waals surface area contributed by atoms with Crippen LogP contribution in [0.1, 0.15) is 361 Å². The minimum absolute atomic E-state index is 0.0724. The number of unbranched alkanes of at least 4 members (excludes halogenated alkanes) is 44. The summed E-state index contributed by atoms with van der Waals surface area (Å²) in [5.74, 6) is -0.859. The van der Waals surface area contributed by atoms with Crippen LogP contribution in [-0.2, 0) is 28.6 Å². The fourth-order valence-corrected chi connectivity index (χ4v) is 9.88. The van der Waals surface area contributed by atoms with Gasteiger partial charge in [-0.25, -0.2) is 0 Å². The number of carbonyl (C=O) groups excluding carboxylic acids is 3. The summed E-state index contributed by atoms with van der Waals surface area (Å²) in [5, 5.41) is 0. The first-order valence-electron chi connectivity index (χ1n) is 33.0. The first-order valence-corrected chi connectivity index (χ1v) is 33.0.